The summed E-state index contributed by atoms with van der Waals surface area (Å²) < 4.78 is 0. The minimum Gasteiger partial charge on any atom is -0.282 e. The third-order valence-electron chi connectivity index (χ3n) is 1.72. The van der Waals surface area contributed by atoms with Crippen LogP contribution in [0.25, 0.3) is 0 Å². The summed E-state index contributed by atoms with van der Waals surface area (Å²) in [6, 6.07) is 5.86. The summed E-state index contributed by atoms with van der Waals surface area (Å²) in [5.41, 5.74) is 1.01. The van der Waals surface area contributed by atoms with Gasteiger partial charge in [-0.25, -0.2) is 0 Å². The fourth-order valence-corrected chi connectivity index (χ4v) is 0.963. The molecule has 0 aliphatic carbocycles. The second-order valence-corrected chi connectivity index (χ2v) is 2.90. The van der Waals surface area contributed by atoms with Crippen molar-refractivity contribution in [3.63, 3.8) is 0 Å². The molecule has 1 heterocycles. The Morgan fingerprint density at radius 3 is 3.08 bits per heavy atom. The monoisotopic (exact) mass is 175 g/mol. The van der Waals surface area contributed by atoms with Crippen molar-refractivity contribution >= 4 is 6.21 Å². The second kappa shape index (κ2) is 6.35. The van der Waals surface area contributed by atoms with Crippen molar-refractivity contribution in [2.24, 2.45) is 4.99 Å². The van der Waals surface area contributed by atoms with Gasteiger partial charge in [0.05, 0.1) is 18.5 Å². The third-order valence-corrected chi connectivity index (χ3v) is 1.72. The Kier molecular flexibility index (Phi) is 4.84. The van der Waals surface area contributed by atoms with Crippen molar-refractivity contribution in [1.29, 1.82) is 0 Å². The summed E-state index contributed by atoms with van der Waals surface area (Å²) in [6.07, 6.45) is 8.14. The summed E-state index contributed by atoms with van der Waals surface area (Å²) in [5, 5.41) is 0. The van der Waals surface area contributed by atoms with Crippen LogP contribution in [0.2, 0.25) is 0 Å². The van der Waals surface area contributed by atoms with E-state index in [0.29, 0.717) is 6.54 Å². The van der Waals surface area contributed by atoms with Crippen LogP contribution in [0.4, 0.5) is 0 Å². The Balaban J connectivity index is 2.23. The van der Waals surface area contributed by atoms with Crippen LogP contribution in [0.3, 0.4) is 0 Å². The summed E-state index contributed by atoms with van der Waals surface area (Å²) in [4.78, 5) is 8.33. The van der Waals surface area contributed by atoms with E-state index in [0.717, 1.165) is 12.1 Å². The molecule has 0 aliphatic rings. The third kappa shape index (κ3) is 4.41. The number of aliphatic imine (C=N–C) groups is 1. The van der Waals surface area contributed by atoms with Gasteiger partial charge in [0, 0.05) is 6.20 Å². The summed E-state index contributed by atoms with van der Waals surface area (Å²) in [7, 11) is 0. The molecule has 0 bridgehead atoms. The maximum atomic E-state index is 4.17. The molecule has 69 valence electrons. The van der Waals surface area contributed by atoms with E-state index in [4.69, 9.17) is 0 Å². The fraction of sp³-hybridized carbons (Fsp3) is 0.455. The van der Waals surface area contributed by atoms with Crippen molar-refractivity contribution in [1.82, 2.24) is 4.98 Å². The quantitative estimate of drug-likeness (QED) is 0.499. The molecule has 1 aromatic heterocycles. The Morgan fingerprint density at radius 2 is 2.38 bits per heavy atom. The second-order valence-electron chi connectivity index (χ2n) is 2.90. The first kappa shape index (κ1) is 9.90. The van der Waals surface area contributed by atoms with Gasteiger partial charge in [-0.1, -0.05) is 19.4 Å². The van der Waals surface area contributed by atoms with Gasteiger partial charge in [-0.2, -0.15) is 0 Å². The molecule has 0 N–H and O–H groups in total. The molecule has 0 aromatic carbocycles. The van der Waals surface area contributed by atoms with Gasteiger partial charge in [-0.05, 0) is 25.0 Å². The van der Waals surface area contributed by atoms with E-state index < -0.39 is 0 Å². The maximum Gasteiger partial charge on any atom is 0.0815 e. The highest BCUT2D eigenvalue weighted by Crippen LogP contribution is 1.96. The lowest BCUT2D eigenvalue weighted by atomic mass is 10.3. The van der Waals surface area contributed by atoms with Gasteiger partial charge in [0.15, 0.2) is 0 Å². The Morgan fingerprint density at radius 1 is 1.46 bits per heavy atom. The number of nitrogens with zero attached hydrogens (tertiary/aromatic N) is 2. The van der Waals surface area contributed by atoms with Gasteiger partial charge in [0.1, 0.15) is 0 Å². The van der Waals surface area contributed by atoms with E-state index in [1.807, 2.05) is 18.2 Å². The molecule has 2 heteroatoms. The maximum absolute atomic E-state index is 4.17. The number of pyridine rings is 1. The average molecular weight is 175 g/mol. The highest BCUT2D eigenvalue weighted by atomic mass is 14.8. The fourth-order valence-electron chi connectivity index (χ4n) is 0.963. The minimum atomic E-state index is 0.657. The number of aromatic nitrogens is 1. The molecule has 2 nitrogen and oxygen atoms in total. The Labute approximate surface area is 79.7 Å². The van der Waals surface area contributed by atoms with Crippen LogP contribution < -0.4 is 0 Å². The predicted octanol–water partition coefficient (Wildman–Crippen LogP) is 2.72. The highest BCUT2D eigenvalue weighted by molar-refractivity contribution is 5.56. The van der Waals surface area contributed by atoms with Crippen LogP contribution in [0.15, 0.2) is 29.4 Å². The molecule has 0 unspecified atom stereocenters. The van der Waals surface area contributed by atoms with Crippen LogP contribution >= 0.6 is 0 Å². The summed E-state index contributed by atoms with van der Waals surface area (Å²) in [6.45, 7) is 2.82. The molecule has 0 saturated carbocycles. The molecule has 0 spiro atoms. The zero-order valence-electron chi connectivity index (χ0n) is 8.03. The van der Waals surface area contributed by atoms with Gasteiger partial charge in [-0.15, -0.1) is 0 Å². The van der Waals surface area contributed by atoms with E-state index in [-0.39, 0.29) is 0 Å². The zero-order chi connectivity index (χ0) is 9.36. The van der Waals surface area contributed by atoms with E-state index in [9.17, 15) is 0 Å². The predicted molar refractivity (Wildman–Crippen MR) is 54.9 cm³/mol. The molecule has 1 aromatic rings. The topological polar surface area (TPSA) is 25.2 Å². The van der Waals surface area contributed by atoms with E-state index in [2.05, 4.69) is 23.1 Å². The average Bonchev–Trinajstić information content (AvgIpc) is 2.19. The van der Waals surface area contributed by atoms with Crippen molar-refractivity contribution in [3.05, 3.63) is 30.1 Å². The Hall–Kier alpha value is -1.18. The number of hydrogen-bond donors (Lipinski definition) is 0. The van der Waals surface area contributed by atoms with Crippen LogP contribution in [-0.4, -0.2) is 11.2 Å². The van der Waals surface area contributed by atoms with Crippen LogP contribution in [-0.2, 0) is 6.54 Å². The molecule has 0 aliphatic heterocycles. The molecule has 0 atom stereocenters. The molecular weight excluding hydrogens is 160 g/mol. The first-order chi connectivity index (χ1) is 6.43. The first-order valence-electron chi connectivity index (χ1n) is 4.72. The molecule has 1 rings (SSSR count). The van der Waals surface area contributed by atoms with Gasteiger partial charge in [0.2, 0.25) is 0 Å². The largest absolute Gasteiger partial charge is 0.282 e. The van der Waals surface area contributed by atoms with Gasteiger partial charge in [0.25, 0.3) is 0 Å². The Bertz CT molecular complexity index is 242. The number of hydrogen-bond acceptors (Lipinski definition) is 2. The molecule has 13 heavy (non-hydrogen) atoms. The zero-order valence-corrected chi connectivity index (χ0v) is 8.03. The van der Waals surface area contributed by atoms with Crippen LogP contribution in [0.5, 0.6) is 0 Å². The number of rotatable bonds is 5. The molecule has 0 saturated heterocycles. The lowest BCUT2D eigenvalue weighted by Crippen LogP contribution is -1.86. The molecule has 0 amide bonds. The SMILES string of the molecule is CCCC/[C]=N\Cc1ccccn1. The van der Waals surface area contributed by atoms with Crippen LogP contribution in [0.1, 0.15) is 31.9 Å². The molecule has 1 radical (unpaired) electrons. The van der Waals surface area contributed by atoms with E-state index in [1.54, 1.807) is 6.20 Å². The van der Waals surface area contributed by atoms with Crippen molar-refractivity contribution in [3.8, 4) is 0 Å². The van der Waals surface area contributed by atoms with Gasteiger partial charge in [-0.3, -0.25) is 9.98 Å². The molecular formula is C11H15N2. The van der Waals surface area contributed by atoms with E-state index >= 15 is 0 Å². The van der Waals surface area contributed by atoms with Crippen molar-refractivity contribution < 1.29 is 0 Å². The minimum absolute atomic E-state index is 0.657. The van der Waals surface area contributed by atoms with E-state index in [1.165, 1.54) is 12.8 Å². The number of unbranched alkanes of at least 4 members (excludes halogenated alkanes) is 2. The normalized spacial score (nSPS) is 10.8. The van der Waals surface area contributed by atoms with Gasteiger partial charge < -0.3 is 0 Å². The summed E-state index contributed by atoms with van der Waals surface area (Å²) in [5.74, 6) is 0. The molecule has 0 fully saturated rings. The summed E-state index contributed by atoms with van der Waals surface area (Å²) >= 11 is 0. The lowest BCUT2D eigenvalue weighted by Gasteiger charge is -1.92. The standard InChI is InChI=1S/C11H15N2/c1-2-3-5-8-12-10-11-7-4-6-9-13-11/h4,6-7,9H,2-3,5,10H2,1H3. The van der Waals surface area contributed by atoms with Crippen LogP contribution in [0, 0.1) is 0 Å². The highest BCUT2D eigenvalue weighted by Gasteiger charge is 1.87. The smallest absolute Gasteiger partial charge is 0.0815 e. The lowest BCUT2D eigenvalue weighted by molar-refractivity contribution is 0.837. The van der Waals surface area contributed by atoms with Gasteiger partial charge >= 0.3 is 0 Å². The van der Waals surface area contributed by atoms with Crippen molar-refractivity contribution in [2.75, 3.05) is 0 Å². The first-order valence-corrected chi connectivity index (χ1v) is 4.72. The van der Waals surface area contributed by atoms with Crippen molar-refractivity contribution in [2.45, 2.75) is 32.7 Å².